The monoisotopic (exact) mass is 383 g/mol. The molecule has 1 amide bonds. The summed E-state index contributed by atoms with van der Waals surface area (Å²) in [6.07, 6.45) is 0. The normalized spacial score (nSPS) is 10.3. The molecule has 7 heteroatoms. The summed E-state index contributed by atoms with van der Waals surface area (Å²) in [5.41, 5.74) is 1.20. The van der Waals surface area contributed by atoms with Crippen LogP contribution >= 0.6 is 23.2 Å². The molecule has 0 aliphatic rings. The molecule has 0 radical (unpaired) electrons. The number of methoxy groups -OCH3 is 3. The summed E-state index contributed by atoms with van der Waals surface area (Å²) in [6.45, 7) is 0.312. The molecule has 2 rings (SSSR count). The maximum Gasteiger partial charge on any atom is 0.254 e. The van der Waals surface area contributed by atoms with Crippen molar-refractivity contribution in [2.75, 3.05) is 28.4 Å². The van der Waals surface area contributed by atoms with Crippen molar-refractivity contribution in [2.24, 2.45) is 0 Å². The Hall–Kier alpha value is -2.11. The van der Waals surface area contributed by atoms with Crippen molar-refractivity contribution in [1.29, 1.82) is 0 Å². The summed E-state index contributed by atoms with van der Waals surface area (Å²) in [6, 6.07) is 8.34. The van der Waals surface area contributed by atoms with Gasteiger partial charge in [-0.25, -0.2) is 0 Å². The van der Waals surface area contributed by atoms with Crippen LogP contribution in [0.3, 0.4) is 0 Å². The third-order valence-electron chi connectivity index (χ3n) is 3.65. The number of benzene rings is 2. The third-order valence-corrected chi connectivity index (χ3v) is 4.09. The molecule has 0 spiro atoms. The summed E-state index contributed by atoms with van der Waals surface area (Å²) in [7, 11) is 6.31. The second kappa shape index (κ2) is 8.32. The first-order chi connectivity index (χ1) is 11.9. The van der Waals surface area contributed by atoms with Crippen LogP contribution < -0.4 is 14.2 Å². The molecule has 5 nitrogen and oxygen atoms in total. The highest BCUT2D eigenvalue weighted by Crippen LogP contribution is 2.40. The first kappa shape index (κ1) is 19.2. The fraction of sp³-hybridized carbons (Fsp3) is 0.278. The number of hydrogen-bond acceptors (Lipinski definition) is 4. The molecule has 0 saturated heterocycles. The molecule has 0 N–H and O–H groups in total. The fourth-order valence-corrected chi connectivity index (χ4v) is 3.04. The maximum absolute atomic E-state index is 12.6. The van der Waals surface area contributed by atoms with Gasteiger partial charge < -0.3 is 19.1 Å². The number of rotatable bonds is 6. The van der Waals surface area contributed by atoms with E-state index in [4.69, 9.17) is 37.4 Å². The van der Waals surface area contributed by atoms with Gasteiger partial charge in [0.2, 0.25) is 5.75 Å². The molecule has 0 aromatic heterocycles. The number of carbonyl (C=O) groups is 1. The molecule has 0 aliphatic carbocycles. The van der Waals surface area contributed by atoms with Gasteiger partial charge in [0.25, 0.3) is 5.91 Å². The molecule has 0 saturated carbocycles. The number of halogens is 2. The minimum absolute atomic E-state index is 0.207. The first-order valence-corrected chi connectivity index (χ1v) is 8.16. The Morgan fingerprint density at radius 2 is 1.56 bits per heavy atom. The van der Waals surface area contributed by atoms with E-state index in [-0.39, 0.29) is 5.91 Å². The molecule has 0 bridgehead atoms. The Bertz CT molecular complexity index is 760. The van der Waals surface area contributed by atoms with Crippen LogP contribution in [-0.4, -0.2) is 39.2 Å². The van der Waals surface area contributed by atoms with Crippen molar-refractivity contribution in [3.05, 3.63) is 51.5 Å². The van der Waals surface area contributed by atoms with Crippen LogP contribution in [0.2, 0.25) is 10.0 Å². The smallest absolute Gasteiger partial charge is 0.254 e. The second-order valence-electron chi connectivity index (χ2n) is 5.31. The predicted molar refractivity (Wildman–Crippen MR) is 98.4 cm³/mol. The van der Waals surface area contributed by atoms with E-state index < -0.39 is 0 Å². The number of ether oxygens (including phenoxy) is 3. The van der Waals surface area contributed by atoms with Crippen molar-refractivity contribution in [3.63, 3.8) is 0 Å². The Morgan fingerprint density at radius 1 is 0.960 bits per heavy atom. The molecule has 2 aromatic rings. The SMILES string of the molecule is COc1ccc(CN(C)C(=O)c2cc(Cl)cc(Cl)c2)c(OC)c1OC. The zero-order valence-electron chi connectivity index (χ0n) is 14.4. The van der Waals surface area contributed by atoms with Crippen LogP contribution in [0.5, 0.6) is 17.2 Å². The maximum atomic E-state index is 12.6. The van der Waals surface area contributed by atoms with Gasteiger partial charge >= 0.3 is 0 Å². The Balaban J connectivity index is 2.30. The lowest BCUT2D eigenvalue weighted by Crippen LogP contribution is -2.26. The Morgan fingerprint density at radius 3 is 2.08 bits per heavy atom. The average Bonchev–Trinajstić information content (AvgIpc) is 2.59. The van der Waals surface area contributed by atoms with Gasteiger partial charge in [-0.2, -0.15) is 0 Å². The summed E-state index contributed by atoms with van der Waals surface area (Å²) in [5, 5.41) is 0.820. The summed E-state index contributed by atoms with van der Waals surface area (Å²) in [5.74, 6) is 1.35. The van der Waals surface area contributed by atoms with Gasteiger partial charge in [0.15, 0.2) is 11.5 Å². The third kappa shape index (κ3) is 4.30. The molecular formula is C18H19Cl2NO4. The standard InChI is InChI=1S/C18H19Cl2NO4/c1-21(18(22)12-7-13(19)9-14(20)8-12)10-11-5-6-15(23-2)17(25-4)16(11)24-3/h5-9H,10H2,1-4H3. The van der Waals surface area contributed by atoms with Crippen molar-refractivity contribution >= 4 is 29.1 Å². The lowest BCUT2D eigenvalue weighted by atomic mass is 10.1. The zero-order chi connectivity index (χ0) is 18.6. The minimum Gasteiger partial charge on any atom is -0.493 e. The van der Waals surface area contributed by atoms with E-state index in [0.717, 1.165) is 5.56 Å². The number of hydrogen-bond donors (Lipinski definition) is 0. The van der Waals surface area contributed by atoms with E-state index in [2.05, 4.69) is 0 Å². The van der Waals surface area contributed by atoms with Crippen LogP contribution in [0.15, 0.2) is 30.3 Å². The van der Waals surface area contributed by atoms with E-state index in [1.165, 1.54) is 7.11 Å². The van der Waals surface area contributed by atoms with Gasteiger partial charge in [-0.3, -0.25) is 4.79 Å². The predicted octanol–water partition coefficient (Wildman–Crippen LogP) is 4.29. The van der Waals surface area contributed by atoms with Gasteiger partial charge in [-0.1, -0.05) is 23.2 Å². The molecule has 0 fully saturated rings. The molecule has 0 atom stereocenters. The summed E-state index contributed by atoms with van der Waals surface area (Å²) >= 11 is 11.9. The number of amides is 1. The van der Waals surface area contributed by atoms with E-state index in [0.29, 0.717) is 39.4 Å². The Labute approximate surface area is 157 Å². The Kier molecular flexibility index (Phi) is 6.39. The van der Waals surface area contributed by atoms with Crippen LogP contribution in [0.1, 0.15) is 15.9 Å². The topological polar surface area (TPSA) is 48.0 Å². The lowest BCUT2D eigenvalue weighted by Gasteiger charge is -2.21. The average molecular weight is 384 g/mol. The highest BCUT2D eigenvalue weighted by molar-refractivity contribution is 6.35. The van der Waals surface area contributed by atoms with Crippen LogP contribution in [0, 0.1) is 0 Å². The van der Waals surface area contributed by atoms with Crippen molar-refractivity contribution in [1.82, 2.24) is 4.90 Å². The van der Waals surface area contributed by atoms with Gasteiger partial charge in [-0.05, 0) is 30.3 Å². The van der Waals surface area contributed by atoms with Gasteiger partial charge in [0, 0.05) is 34.8 Å². The molecule has 134 valence electrons. The summed E-state index contributed by atoms with van der Waals surface area (Å²) < 4.78 is 16.1. The quantitative estimate of drug-likeness (QED) is 0.746. The van der Waals surface area contributed by atoms with Gasteiger partial charge in [-0.15, -0.1) is 0 Å². The number of carbonyl (C=O) groups excluding carboxylic acids is 1. The molecule has 0 heterocycles. The lowest BCUT2D eigenvalue weighted by molar-refractivity contribution is 0.0784. The van der Waals surface area contributed by atoms with Gasteiger partial charge in [0.1, 0.15) is 0 Å². The van der Waals surface area contributed by atoms with Crippen LogP contribution in [0.25, 0.3) is 0 Å². The van der Waals surface area contributed by atoms with E-state index in [1.807, 2.05) is 6.07 Å². The molecular weight excluding hydrogens is 365 g/mol. The van der Waals surface area contributed by atoms with Gasteiger partial charge in [0.05, 0.1) is 21.3 Å². The van der Waals surface area contributed by atoms with E-state index in [9.17, 15) is 4.79 Å². The second-order valence-corrected chi connectivity index (χ2v) is 6.19. The van der Waals surface area contributed by atoms with E-state index in [1.54, 1.807) is 50.4 Å². The van der Waals surface area contributed by atoms with Crippen molar-refractivity contribution in [3.8, 4) is 17.2 Å². The zero-order valence-corrected chi connectivity index (χ0v) is 15.9. The molecule has 2 aromatic carbocycles. The molecule has 0 aliphatic heterocycles. The first-order valence-electron chi connectivity index (χ1n) is 7.40. The molecule has 25 heavy (non-hydrogen) atoms. The largest absolute Gasteiger partial charge is 0.493 e. The highest BCUT2D eigenvalue weighted by atomic mass is 35.5. The van der Waals surface area contributed by atoms with E-state index >= 15 is 0 Å². The van der Waals surface area contributed by atoms with Crippen LogP contribution in [0.4, 0.5) is 0 Å². The van der Waals surface area contributed by atoms with Crippen LogP contribution in [-0.2, 0) is 6.54 Å². The number of nitrogens with zero attached hydrogens (tertiary/aromatic N) is 1. The highest BCUT2D eigenvalue weighted by Gasteiger charge is 2.19. The van der Waals surface area contributed by atoms with Crippen molar-refractivity contribution in [2.45, 2.75) is 6.54 Å². The fourth-order valence-electron chi connectivity index (χ4n) is 2.51. The molecule has 0 unspecified atom stereocenters. The minimum atomic E-state index is -0.207. The summed E-state index contributed by atoms with van der Waals surface area (Å²) in [4.78, 5) is 14.2. The van der Waals surface area contributed by atoms with Crippen molar-refractivity contribution < 1.29 is 19.0 Å².